The topological polar surface area (TPSA) is 96.0 Å². The lowest BCUT2D eigenvalue weighted by Crippen LogP contribution is -2.18. The van der Waals surface area contributed by atoms with Gasteiger partial charge in [0.1, 0.15) is 11.3 Å². The van der Waals surface area contributed by atoms with Crippen molar-refractivity contribution in [3.63, 3.8) is 0 Å². The second-order valence-electron chi connectivity index (χ2n) is 7.98. The van der Waals surface area contributed by atoms with Gasteiger partial charge < -0.3 is 4.74 Å². The summed E-state index contributed by atoms with van der Waals surface area (Å²) in [6.07, 6.45) is 5.35. The van der Waals surface area contributed by atoms with Crippen LogP contribution in [-0.2, 0) is 14.6 Å². The van der Waals surface area contributed by atoms with E-state index in [-0.39, 0.29) is 28.2 Å². The monoisotopic (exact) mass is 454 g/mol. The maximum atomic E-state index is 12.7. The first-order valence-electron chi connectivity index (χ1n) is 11.2. The standard InChI is InChI=1S/C26H30O7/c1-4-5-6-7-11-14-22(27)20-15-16-23(31-24(28)18(2)3)21(17-20)26(30)33-32-25(29)19-12-9-8-10-13-19/h8-10,12-13,15-18H,4-7,11,14H2,1-3H3. The maximum Gasteiger partial charge on any atom is 0.390 e. The number of Topliss-reactive ketones (excluding diaryl/α,β-unsaturated/α-hetero) is 1. The Bertz CT molecular complexity index is 964. The van der Waals surface area contributed by atoms with Gasteiger partial charge in [0.15, 0.2) is 5.78 Å². The van der Waals surface area contributed by atoms with E-state index in [2.05, 4.69) is 11.8 Å². The van der Waals surface area contributed by atoms with Crippen LogP contribution in [0.2, 0.25) is 0 Å². The zero-order valence-corrected chi connectivity index (χ0v) is 19.3. The van der Waals surface area contributed by atoms with E-state index >= 15 is 0 Å². The number of hydrogen-bond acceptors (Lipinski definition) is 7. The maximum absolute atomic E-state index is 12.7. The molecule has 7 nitrogen and oxygen atoms in total. The zero-order chi connectivity index (χ0) is 24.2. The van der Waals surface area contributed by atoms with Crippen molar-refractivity contribution in [3.05, 3.63) is 65.2 Å². The van der Waals surface area contributed by atoms with Crippen molar-refractivity contribution in [1.82, 2.24) is 0 Å². The van der Waals surface area contributed by atoms with Gasteiger partial charge in [-0.05, 0) is 36.8 Å². The number of benzene rings is 2. The van der Waals surface area contributed by atoms with Crippen molar-refractivity contribution in [1.29, 1.82) is 0 Å². The van der Waals surface area contributed by atoms with E-state index in [4.69, 9.17) is 9.62 Å². The molecule has 0 bridgehead atoms. The highest BCUT2D eigenvalue weighted by molar-refractivity contribution is 6.01. The summed E-state index contributed by atoms with van der Waals surface area (Å²) < 4.78 is 5.29. The highest BCUT2D eigenvalue weighted by Gasteiger charge is 2.23. The summed E-state index contributed by atoms with van der Waals surface area (Å²) in [7, 11) is 0. The van der Waals surface area contributed by atoms with Crippen LogP contribution in [0.15, 0.2) is 48.5 Å². The fourth-order valence-corrected chi connectivity index (χ4v) is 2.95. The lowest BCUT2D eigenvalue weighted by molar-refractivity contribution is -0.187. The van der Waals surface area contributed by atoms with Crippen molar-refractivity contribution in [2.24, 2.45) is 5.92 Å². The van der Waals surface area contributed by atoms with Crippen LogP contribution in [-0.4, -0.2) is 23.7 Å². The zero-order valence-electron chi connectivity index (χ0n) is 19.3. The molecule has 0 heterocycles. The van der Waals surface area contributed by atoms with Gasteiger partial charge in [0, 0.05) is 12.0 Å². The van der Waals surface area contributed by atoms with Gasteiger partial charge in [-0.15, -0.1) is 0 Å². The van der Waals surface area contributed by atoms with Crippen molar-refractivity contribution >= 4 is 23.7 Å². The van der Waals surface area contributed by atoms with Crippen LogP contribution < -0.4 is 4.74 Å². The van der Waals surface area contributed by atoms with Gasteiger partial charge >= 0.3 is 17.9 Å². The fraction of sp³-hybridized carbons (Fsp3) is 0.385. The minimum atomic E-state index is -1.05. The molecule has 0 fully saturated rings. The summed E-state index contributed by atoms with van der Waals surface area (Å²) in [6.45, 7) is 5.42. The number of hydrogen-bond donors (Lipinski definition) is 0. The molecule has 0 saturated carbocycles. The predicted molar refractivity (Wildman–Crippen MR) is 122 cm³/mol. The van der Waals surface area contributed by atoms with E-state index in [1.54, 1.807) is 32.0 Å². The molecule has 0 aliphatic carbocycles. The molecular weight excluding hydrogens is 424 g/mol. The first-order valence-corrected chi connectivity index (χ1v) is 11.2. The molecule has 0 saturated heterocycles. The summed E-state index contributed by atoms with van der Waals surface area (Å²) in [5.41, 5.74) is 0.307. The lowest BCUT2D eigenvalue weighted by Gasteiger charge is -2.12. The third kappa shape index (κ3) is 8.18. The van der Waals surface area contributed by atoms with Gasteiger partial charge in [0.25, 0.3) is 0 Å². The number of unbranched alkanes of at least 4 members (excludes halogenated alkanes) is 4. The Labute approximate surface area is 194 Å². The van der Waals surface area contributed by atoms with Crippen LogP contribution in [0, 0.1) is 5.92 Å². The number of ketones is 1. The van der Waals surface area contributed by atoms with E-state index in [1.807, 2.05) is 0 Å². The van der Waals surface area contributed by atoms with Gasteiger partial charge in [-0.2, -0.15) is 0 Å². The number of rotatable bonds is 11. The van der Waals surface area contributed by atoms with E-state index in [1.165, 1.54) is 30.3 Å². The first kappa shape index (κ1) is 25.8. The third-order valence-electron chi connectivity index (χ3n) is 4.91. The van der Waals surface area contributed by atoms with E-state index in [9.17, 15) is 19.2 Å². The Morgan fingerprint density at radius 1 is 0.788 bits per heavy atom. The highest BCUT2D eigenvalue weighted by Crippen LogP contribution is 2.24. The van der Waals surface area contributed by atoms with Crippen molar-refractivity contribution in [3.8, 4) is 5.75 Å². The summed E-state index contributed by atoms with van der Waals surface area (Å²) >= 11 is 0. The number of esters is 1. The van der Waals surface area contributed by atoms with Crippen LogP contribution in [0.1, 0.15) is 90.4 Å². The Balaban J connectivity index is 2.15. The molecule has 2 aromatic carbocycles. The molecule has 2 rings (SSSR count). The van der Waals surface area contributed by atoms with Crippen LogP contribution in [0.25, 0.3) is 0 Å². The molecule has 33 heavy (non-hydrogen) atoms. The summed E-state index contributed by atoms with van der Waals surface area (Å²) in [5, 5.41) is 0. The number of carbonyl (C=O) groups is 4. The van der Waals surface area contributed by atoms with E-state index in [0.717, 1.165) is 32.1 Å². The average Bonchev–Trinajstić information content (AvgIpc) is 2.82. The van der Waals surface area contributed by atoms with Gasteiger partial charge in [-0.25, -0.2) is 19.4 Å². The summed E-state index contributed by atoms with van der Waals surface area (Å²) in [6, 6.07) is 12.2. The van der Waals surface area contributed by atoms with Gasteiger partial charge in [-0.3, -0.25) is 9.59 Å². The molecule has 0 radical (unpaired) electrons. The molecule has 0 unspecified atom stereocenters. The third-order valence-corrected chi connectivity index (χ3v) is 4.91. The molecule has 2 aromatic rings. The van der Waals surface area contributed by atoms with Crippen molar-refractivity contribution in [2.45, 2.75) is 59.3 Å². The average molecular weight is 455 g/mol. The normalized spacial score (nSPS) is 10.5. The molecule has 0 amide bonds. The summed E-state index contributed by atoms with van der Waals surface area (Å²) in [4.78, 5) is 58.7. The van der Waals surface area contributed by atoms with Crippen LogP contribution >= 0.6 is 0 Å². The van der Waals surface area contributed by atoms with Crippen molar-refractivity contribution < 1.29 is 33.7 Å². The number of carbonyl (C=O) groups excluding carboxylic acids is 4. The Morgan fingerprint density at radius 3 is 2.12 bits per heavy atom. The molecule has 0 aliphatic heterocycles. The lowest BCUT2D eigenvalue weighted by atomic mass is 10.0. The molecule has 0 aromatic heterocycles. The quantitative estimate of drug-likeness (QED) is 0.107. The molecule has 7 heteroatoms. The molecule has 0 spiro atoms. The molecule has 0 aliphatic rings. The number of ether oxygens (including phenoxy) is 1. The Kier molecular flexibility index (Phi) is 10.3. The predicted octanol–water partition coefficient (Wildman–Crippen LogP) is 5.72. The fourth-order valence-electron chi connectivity index (χ4n) is 2.95. The van der Waals surface area contributed by atoms with Crippen molar-refractivity contribution in [2.75, 3.05) is 0 Å². The second-order valence-corrected chi connectivity index (χ2v) is 7.98. The van der Waals surface area contributed by atoms with E-state index in [0.29, 0.717) is 6.42 Å². The van der Waals surface area contributed by atoms with E-state index < -0.39 is 23.8 Å². The van der Waals surface area contributed by atoms with Crippen LogP contribution in [0.4, 0.5) is 0 Å². The van der Waals surface area contributed by atoms with Crippen LogP contribution in [0.3, 0.4) is 0 Å². The largest absolute Gasteiger partial charge is 0.425 e. The van der Waals surface area contributed by atoms with Crippen LogP contribution in [0.5, 0.6) is 5.75 Å². The first-order chi connectivity index (χ1) is 15.8. The Hall–Kier alpha value is -3.48. The minimum absolute atomic E-state index is 0.0750. The molecule has 0 N–H and O–H groups in total. The Morgan fingerprint density at radius 2 is 1.45 bits per heavy atom. The second kappa shape index (κ2) is 13.2. The van der Waals surface area contributed by atoms with Gasteiger partial charge in [0.05, 0.1) is 11.5 Å². The molecule has 176 valence electrons. The summed E-state index contributed by atoms with van der Waals surface area (Å²) in [5.74, 6) is -3.11. The smallest absolute Gasteiger partial charge is 0.390 e. The SMILES string of the molecule is CCCCCCCC(=O)c1ccc(OC(=O)C(C)C)c(C(=O)OOC(=O)c2ccccc2)c1. The molecular formula is C26H30O7. The molecule has 0 atom stereocenters. The minimum Gasteiger partial charge on any atom is -0.425 e. The van der Waals surface area contributed by atoms with Gasteiger partial charge in [0.2, 0.25) is 0 Å². The van der Waals surface area contributed by atoms with Gasteiger partial charge in [-0.1, -0.05) is 64.7 Å². The highest BCUT2D eigenvalue weighted by atomic mass is 17.2.